The van der Waals surface area contributed by atoms with Crippen molar-refractivity contribution in [2.45, 2.75) is 13.8 Å². The molecule has 0 aliphatic heterocycles. The molecule has 1 N–H and O–H groups in total. The molecule has 4 aromatic rings. The number of aromatic nitrogens is 2. The molecule has 27 heavy (non-hydrogen) atoms. The second kappa shape index (κ2) is 7.00. The van der Waals surface area contributed by atoms with Gasteiger partial charge < -0.3 is 5.32 Å². The number of para-hydroxylation sites is 1. The molecule has 4 nitrogen and oxygen atoms in total. The van der Waals surface area contributed by atoms with Gasteiger partial charge in [-0.2, -0.15) is 0 Å². The minimum absolute atomic E-state index is 0.0338. The molecule has 1 heterocycles. The number of carbonyl (C=O) groups is 1. The molecule has 132 valence electrons. The molecule has 0 amide bonds. The first-order valence-corrected chi connectivity index (χ1v) is 8.82. The number of anilines is 2. The maximum atomic E-state index is 11.7. The third-order valence-corrected chi connectivity index (χ3v) is 4.44. The van der Waals surface area contributed by atoms with Gasteiger partial charge in [0.05, 0.1) is 5.52 Å². The largest absolute Gasteiger partial charge is 0.340 e. The van der Waals surface area contributed by atoms with E-state index in [2.05, 4.69) is 24.4 Å². The fourth-order valence-corrected chi connectivity index (χ4v) is 2.96. The average molecular weight is 353 g/mol. The summed E-state index contributed by atoms with van der Waals surface area (Å²) in [5.41, 5.74) is 4.51. The van der Waals surface area contributed by atoms with Crippen LogP contribution in [0.3, 0.4) is 0 Å². The molecule has 4 heteroatoms. The van der Waals surface area contributed by atoms with Gasteiger partial charge in [0, 0.05) is 22.2 Å². The Morgan fingerprint density at radius 2 is 1.67 bits per heavy atom. The number of carbonyl (C=O) groups excluding carboxylic acids is 1. The standard InChI is InChI=1S/C23H19N3O/c1-15-10-12-17(13-11-15)22-25-21-9-4-3-8-20(21)23(26-22)24-19-7-5-6-18(14-19)16(2)27/h3-14H,1-2H3,(H,24,25,26). The van der Waals surface area contributed by atoms with Crippen molar-refractivity contribution in [1.82, 2.24) is 9.97 Å². The lowest BCUT2D eigenvalue weighted by Gasteiger charge is -2.12. The first-order valence-electron chi connectivity index (χ1n) is 8.82. The van der Waals surface area contributed by atoms with E-state index in [9.17, 15) is 4.79 Å². The number of ketones is 1. The molecule has 1 aromatic heterocycles. The predicted molar refractivity (Wildman–Crippen MR) is 109 cm³/mol. The molecule has 0 saturated carbocycles. The van der Waals surface area contributed by atoms with Crippen LogP contribution in [0, 0.1) is 6.92 Å². The third-order valence-electron chi connectivity index (χ3n) is 4.44. The van der Waals surface area contributed by atoms with Gasteiger partial charge in [0.25, 0.3) is 0 Å². The fraction of sp³-hybridized carbons (Fsp3) is 0.0870. The molecule has 4 rings (SSSR count). The van der Waals surface area contributed by atoms with Gasteiger partial charge >= 0.3 is 0 Å². The van der Waals surface area contributed by atoms with Gasteiger partial charge in [-0.15, -0.1) is 0 Å². The van der Waals surface area contributed by atoms with Gasteiger partial charge in [0.15, 0.2) is 11.6 Å². The van der Waals surface area contributed by atoms with Crippen molar-refractivity contribution in [2.24, 2.45) is 0 Å². The van der Waals surface area contributed by atoms with E-state index in [1.807, 2.05) is 60.7 Å². The van der Waals surface area contributed by atoms with Crippen LogP contribution in [0.25, 0.3) is 22.3 Å². The van der Waals surface area contributed by atoms with E-state index >= 15 is 0 Å². The van der Waals surface area contributed by atoms with E-state index in [4.69, 9.17) is 9.97 Å². The summed E-state index contributed by atoms with van der Waals surface area (Å²) in [6.45, 7) is 3.62. The Kier molecular flexibility index (Phi) is 4.38. The van der Waals surface area contributed by atoms with Crippen molar-refractivity contribution in [3.8, 4) is 11.4 Å². The fourth-order valence-electron chi connectivity index (χ4n) is 2.96. The van der Waals surface area contributed by atoms with Crippen LogP contribution in [0.5, 0.6) is 0 Å². The van der Waals surface area contributed by atoms with E-state index in [0.717, 1.165) is 28.0 Å². The Bertz CT molecular complexity index is 1130. The number of nitrogens with one attached hydrogen (secondary N) is 1. The van der Waals surface area contributed by atoms with Crippen LogP contribution in [0.15, 0.2) is 72.8 Å². The summed E-state index contributed by atoms with van der Waals surface area (Å²) in [4.78, 5) is 21.2. The number of aryl methyl sites for hydroxylation is 1. The van der Waals surface area contributed by atoms with E-state index in [1.54, 1.807) is 6.92 Å². The van der Waals surface area contributed by atoms with Crippen molar-refractivity contribution in [2.75, 3.05) is 5.32 Å². The topological polar surface area (TPSA) is 54.9 Å². The molecule has 0 atom stereocenters. The van der Waals surface area contributed by atoms with E-state index in [1.165, 1.54) is 5.56 Å². The first kappa shape index (κ1) is 16.9. The quantitative estimate of drug-likeness (QED) is 0.489. The van der Waals surface area contributed by atoms with Crippen LogP contribution in [0.1, 0.15) is 22.8 Å². The van der Waals surface area contributed by atoms with E-state index in [-0.39, 0.29) is 5.78 Å². The van der Waals surface area contributed by atoms with E-state index < -0.39 is 0 Å². The summed E-state index contributed by atoms with van der Waals surface area (Å²) in [5, 5.41) is 4.29. The highest BCUT2D eigenvalue weighted by Gasteiger charge is 2.10. The highest BCUT2D eigenvalue weighted by Crippen LogP contribution is 2.27. The minimum Gasteiger partial charge on any atom is -0.340 e. The zero-order valence-corrected chi connectivity index (χ0v) is 15.2. The number of benzene rings is 3. The summed E-state index contributed by atoms with van der Waals surface area (Å²) < 4.78 is 0. The summed E-state index contributed by atoms with van der Waals surface area (Å²) >= 11 is 0. The van der Waals surface area contributed by atoms with Crippen LogP contribution in [-0.4, -0.2) is 15.8 Å². The highest BCUT2D eigenvalue weighted by atomic mass is 16.1. The van der Waals surface area contributed by atoms with Crippen molar-refractivity contribution in [1.29, 1.82) is 0 Å². The number of Topliss-reactive ketones (excluding diaryl/α,β-unsaturated/α-hetero) is 1. The third kappa shape index (κ3) is 3.55. The zero-order valence-electron chi connectivity index (χ0n) is 15.2. The van der Waals surface area contributed by atoms with Gasteiger partial charge in [-0.05, 0) is 38.1 Å². The number of hydrogen-bond acceptors (Lipinski definition) is 4. The van der Waals surface area contributed by atoms with Crippen LogP contribution in [-0.2, 0) is 0 Å². The molecule has 0 aliphatic carbocycles. The maximum absolute atomic E-state index is 11.7. The summed E-state index contributed by atoms with van der Waals surface area (Å²) in [6.07, 6.45) is 0. The molecule has 0 saturated heterocycles. The number of rotatable bonds is 4. The SMILES string of the molecule is CC(=O)c1cccc(Nc2nc(-c3ccc(C)cc3)nc3ccccc23)c1. The number of fused-ring (bicyclic) bond motifs is 1. The maximum Gasteiger partial charge on any atom is 0.162 e. The van der Waals surface area contributed by atoms with Gasteiger partial charge in [0.1, 0.15) is 5.82 Å². The average Bonchev–Trinajstić information content (AvgIpc) is 2.68. The monoisotopic (exact) mass is 353 g/mol. The molecule has 0 fully saturated rings. The lowest BCUT2D eigenvalue weighted by atomic mass is 10.1. The second-order valence-electron chi connectivity index (χ2n) is 6.54. The number of nitrogens with zero attached hydrogens (tertiary/aromatic N) is 2. The Labute approximate surface area is 157 Å². The van der Waals surface area contributed by atoms with Crippen LogP contribution >= 0.6 is 0 Å². The molecule has 3 aromatic carbocycles. The minimum atomic E-state index is 0.0338. The Hall–Kier alpha value is -3.53. The summed E-state index contributed by atoms with van der Waals surface area (Å²) in [6, 6.07) is 23.5. The predicted octanol–water partition coefficient (Wildman–Crippen LogP) is 5.55. The molecule has 0 spiro atoms. The Morgan fingerprint density at radius 3 is 2.44 bits per heavy atom. The van der Waals surface area contributed by atoms with Crippen LogP contribution < -0.4 is 5.32 Å². The zero-order chi connectivity index (χ0) is 18.8. The molecule has 0 bridgehead atoms. The van der Waals surface area contributed by atoms with E-state index in [0.29, 0.717) is 11.4 Å². The number of hydrogen-bond donors (Lipinski definition) is 1. The highest BCUT2D eigenvalue weighted by molar-refractivity contribution is 5.96. The molecular formula is C23H19N3O. The smallest absolute Gasteiger partial charge is 0.162 e. The van der Waals surface area contributed by atoms with Crippen molar-refractivity contribution < 1.29 is 4.79 Å². The Balaban J connectivity index is 1.82. The van der Waals surface area contributed by atoms with Crippen molar-refractivity contribution >= 4 is 28.2 Å². The van der Waals surface area contributed by atoms with Crippen LogP contribution in [0.2, 0.25) is 0 Å². The lowest BCUT2D eigenvalue weighted by molar-refractivity contribution is 0.101. The molecule has 0 radical (unpaired) electrons. The first-order chi connectivity index (χ1) is 13.1. The van der Waals surface area contributed by atoms with Crippen molar-refractivity contribution in [3.63, 3.8) is 0 Å². The summed E-state index contributed by atoms with van der Waals surface area (Å²) in [5.74, 6) is 1.42. The lowest BCUT2D eigenvalue weighted by Crippen LogP contribution is -2.00. The van der Waals surface area contributed by atoms with Gasteiger partial charge in [-0.25, -0.2) is 9.97 Å². The summed E-state index contributed by atoms with van der Waals surface area (Å²) in [7, 11) is 0. The molecular weight excluding hydrogens is 334 g/mol. The van der Waals surface area contributed by atoms with Gasteiger partial charge in [0.2, 0.25) is 0 Å². The second-order valence-corrected chi connectivity index (χ2v) is 6.54. The molecule has 0 aliphatic rings. The van der Waals surface area contributed by atoms with Crippen LogP contribution in [0.4, 0.5) is 11.5 Å². The van der Waals surface area contributed by atoms with Gasteiger partial charge in [-0.3, -0.25) is 4.79 Å². The van der Waals surface area contributed by atoms with Crippen molar-refractivity contribution in [3.05, 3.63) is 83.9 Å². The normalized spacial score (nSPS) is 10.7. The van der Waals surface area contributed by atoms with Gasteiger partial charge in [-0.1, -0.05) is 54.1 Å². The Morgan fingerprint density at radius 1 is 0.889 bits per heavy atom. The molecule has 0 unspecified atom stereocenters.